The number of fused-ring (bicyclic) bond motifs is 2. The van der Waals surface area contributed by atoms with Crippen molar-refractivity contribution in [3.05, 3.63) is 78.8 Å². The van der Waals surface area contributed by atoms with Gasteiger partial charge in [-0.1, -0.05) is 18.2 Å². The molecule has 0 bridgehead atoms. The summed E-state index contributed by atoms with van der Waals surface area (Å²) in [6.45, 7) is 1.59. The average molecular weight is 451 g/mol. The number of nitrogens with one attached hydrogen (secondary N) is 1. The van der Waals surface area contributed by atoms with Crippen molar-refractivity contribution in [2.24, 2.45) is 7.05 Å². The molecular weight excluding hydrogens is 430 g/mol. The minimum atomic E-state index is -0.444. The molecule has 9 heteroatoms. The number of para-hydroxylation sites is 1. The minimum absolute atomic E-state index is 0.282. The molecule has 6 rings (SSSR count). The van der Waals surface area contributed by atoms with Crippen molar-refractivity contribution in [1.29, 1.82) is 0 Å². The number of rotatable bonds is 6. The van der Waals surface area contributed by atoms with Gasteiger partial charge in [-0.25, -0.2) is 14.6 Å². The molecule has 0 saturated carbocycles. The molecule has 0 atom stereocenters. The van der Waals surface area contributed by atoms with Gasteiger partial charge in [-0.15, -0.1) is 0 Å². The molecule has 2 amide bonds. The van der Waals surface area contributed by atoms with Gasteiger partial charge in [-0.05, 0) is 24.6 Å². The Balaban J connectivity index is 1.50. The van der Waals surface area contributed by atoms with E-state index in [2.05, 4.69) is 25.0 Å². The van der Waals surface area contributed by atoms with Crippen LogP contribution in [-0.4, -0.2) is 40.7 Å². The number of carbonyl (C=O) groups excluding carboxylic acids is 2. The zero-order valence-corrected chi connectivity index (χ0v) is 18.5. The van der Waals surface area contributed by atoms with Crippen LogP contribution in [0.5, 0.6) is 0 Å². The molecule has 0 fully saturated rings. The Bertz CT molecular complexity index is 1610. The number of benzene rings is 1. The largest absolute Gasteiger partial charge is 0.347 e. The number of hydrogen-bond acceptors (Lipinski definition) is 5. The lowest BCUT2D eigenvalue weighted by atomic mass is 9.98. The van der Waals surface area contributed by atoms with Crippen molar-refractivity contribution in [3.63, 3.8) is 0 Å². The highest BCUT2D eigenvalue weighted by Crippen LogP contribution is 2.37. The molecule has 0 saturated heterocycles. The van der Waals surface area contributed by atoms with Gasteiger partial charge in [0.15, 0.2) is 5.65 Å². The van der Waals surface area contributed by atoms with E-state index in [-0.39, 0.29) is 5.57 Å². The Labute approximate surface area is 194 Å². The number of amides is 2. The highest BCUT2D eigenvalue weighted by molar-refractivity contribution is 6.50. The first-order valence-corrected chi connectivity index (χ1v) is 11.0. The fraction of sp³-hybridized carbons (Fsp3) is 0.160. The van der Waals surface area contributed by atoms with Crippen LogP contribution in [-0.2, 0) is 29.7 Å². The van der Waals surface area contributed by atoms with Crippen molar-refractivity contribution in [2.45, 2.75) is 19.5 Å². The van der Waals surface area contributed by atoms with E-state index in [9.17, 15) is 9.59 Å². The van der Waals surface area contributed by atoms with Crippen molar-refractivity contribution in [2.75, 3.05) is 0 Å². The van der Waals surface area contributed by atoms with E-state index in [4.69, 9.17) is 0 Å². The first-order valence-electron chi connectivity index (χ1n) is 11.0. The number of carbonyl (C=O) groups is 2. The molecule has 168 valence electrons. The second kappa shape index (κ2) is 7.80. The monoisotopic (exact) mass is 451 g/mol. The number of pyridine rings is 1. The van der Waals surface area contributed by atoms with E-state index < -0.39 is 11.8 Å². The van der Waals surface area contributed by atoms with Crippen molar-refractivity contribution in [1.82, 2.24) is 34.2 Å². The van der Waals surface area contributed by atoms with Gasteiger partial charge in [0.2, 0.25) is 0 Å². The summed E-state index contributed by atoms with van der Waals surface area (Å²) in [6.07, 6.45) is 10.1. The third-order valence-electron chi connectivity index (χ3n) is 6.20. The Morgan fingerprint density at radius 1 is 0.941 bits per heavy atom. The maximum Gasteiger partial charge on any atom is 0.261 e. The van der Waals surface area contributed by atoms with Crippen LogP contribution in [0, 0.1) is 0 Å². The lowest BCUT2D eigenvalue weighted by Gasteiger charge is -2.06. The summed E-state index contributed by atoms with van der Waals surface area (Å²) in [7, 11) is 1.78. The van der Waals surface area contributed by atoms with E-state index in [1.807, 2.05) is 47.3 Å². The maximum absolute atomic E-state index is 13.1. The normalized spacial score (nSPS) is 14.0. The number of imide groups is 1. The summed E-state index contributed by atoms with van der Waals surface area (Å²) in [5.74, 6) is -0.857. The highest BCUT2D eigenvalue weighted by atomic mass is 16.2. The minimum Gasteiger partial charge on any atom is -0.347 e. The fourth-order valence-corrected chi connectivity index (χ4v) is 4.69. The highest BCUT2D eigenvalue weighted by Gasteiger charge is 2.36. The van der Waals surface area contributed by atoms with Crippen molar-refractivity contribution >= 4 is 44.9 Å². The van der Waals surface area contributed by atoms with Gasteiger partial charge in [-0.2, -0.15) is 5.10 Å². The Morgan fingerprint density at radius 3 is 2.62 bits per heavy atom. The first kappa shape index (κ1) is 20.1. The van der Waals surface area contributed by atoms with Crippen LogP contribution < -0.4 is 5.32 Å². The predicted molar refractivity (Wildman–Crippen MR) is 127 cm³/mol. The SMILES string of the molecule is Cn1nc(C2=C(c3cn(CCCn4ccnc4)c4ccccc34)C(=O)NC2=O)c2cccnc21. The van der Waals surface area contributed by atoms with Gasteiger partial charge in [-0.3, -0.25) is 14.9 Å². The van der Waals surface area contributed by atoms with Gasteiger partial charge in [0.05, 0.1) is 17.5 Å². The Hall–Kier alpha value is -4.53. The molecule has 1 aromatic carbocycles. The number of imidazole rings is 1. The van der Waals surface area contributed by atoms with Crippen LogP contribution in [0.15, 0.2) is 67.5 Å². The summed E-state index contributed by atoms with van der Waals surface area (Å²) in [6, 6.07) is 11.6. The molecule has 5 heterocycles. The molecule has 1 aliphatic heterocycles. The Kier molecular flexibility index (Phi) is 4.61. The third kappa shape index (κ3) is 3.13. The van der Waals surface area contributed by atoms with Crippen molar-refractivity contribution in [3.8, 4) is 0 Å². The molecule has 0 spiro atoms. The molecular formula is C25H21N7O2. The van der Waals surface area contributed by atoms with Gasteiger partial charge in [0.1, 0.15) is 5.69 Å². The number of aryl methyl sites for hydroxylation is 3. The van der Waals surface area contributed by atoms with Crippen molar-refractivity contribution < 1.29 is 9.59 Å². The standard InChI is InChI=1S/C25H21N7O2/c1-30-23-17(7-4-9-27-23)22(29-30)21-20(24(33)28-25(21)34)18-14-32(19-8-3-2-6-16(18)19)12-5-11-31-13-10-26-15-31/h2-4,6-10,13-15H,5,11-12H2,1H3,(H,28,33,34). The van der Waals surface area contributed by atoms with Crippen LogP contribution in [0.3, 0.4) is 0 Å². The summed E-state index contributed by atoms with van der Waals surface area (Å²) in [5, 5.41) is 8.69. The molecule has 1 N–H and O–H groups in total. The maximum atomic E-state index is 13.1. The quantitative estimate of drug-likeness (QED) is 0.400. The lowest BCUT2D eigenvalue weighted by Crippen LogP contribution is -2.22. The third-order valence-corrected chi connectivity index (χ3v) is 6.20. The topological polar surface area (TPSA) is 99.6 Å². The smallest absolute Gasteiger partial charge is 0.261 e. The van der Waals surface area contributed by atoms with E-state index >= 15 is 0 Å². The van der Waals surface area contributed by atoms with E-state index in [0.29, 0.717) is 16.9 Å². The molecule has 34 heavy (non-hydrogen) atoms. The molecule has 4 aromatic heterocycles. The van der Waals surface area contributed by atoms with E-state index in [1.165, 1.54) is 0 Å². The van der Waals surface area contributed by atoms with Crippen LogP contribution in [0.4, 0.5) is 0 Å². The Morgan fingerprint density at radius 2 is 1.76 bits per heavy atom. The zero-order valence-electron chi connectivity index (χ0n) is 18.5. The van der Waals surface area contributed by atoms with E-state index in [1.54, 1.807) is 36.5 Å². The van der Waals surface area contributed by atoms with Crippen LogP contribution in [0.1, 0.15) is 17.7 Å². The molecule has 0 radical (unpaired) electrons. The second-order valence-electron chi connectivity index (χ2n) is 8.29. The first-order chi connectivity index (χ1) is 16.6. The number of nitrogens with zero attached hydrogens (tertiary/aromatic N) is 6. The van der Waals surface area contributed by atoms with Crippen LogP contribution in [0.2, 0.25) is 0 Å². The summed E-state index contributed by atoms with van der Waals surface area (Å²) in [4.78, 5) is 34.5. The average Bonchev–Trinajstić information content (AvgIpc) is 3.61. The number of aromatic nitrogens is 6. The van der Waals surface area contributed by atoms with Crippen LogP contribution in [0.25, 0.3) is 33.1 Å². The lowest BCUT2D eigenvalue weighted by molar-refractivity contribution is -0.122. The molecule has 1 aliphatic rings. The molecule has 9 nitrogen and oxygen atoms in total. The molecule has 5 aromatic rings. The van der Waals surface area contributed by atoms with Gasteiger partial charge in [0.25, 0.3) is 11.8 Å². The molecule has 0 unspecified atom stereocenters. The van der Waals surface area contributed by atoms with Gasteiger partial charge in [0, 0.05) is 66.8 Å². The predicted octanol–water partition coefficient (Wildman–Crippen LogP) is 2.78. The van der Waals surface area contributed by atoms with Gasteiger partial charge < -0.3 is 9.13 Å². The van der Waals surface area contributed by atoms with Crippen LogP contribution >= 0.6 is 0 Å². The van der Waals surface area contributed by atoms with E-state index in [0.717, 1.165) is 41.4 Å². The summed E-state index contributed by atoms with van der Waals surface area (Å²) >= 11 is 0. The summed E-state index contributed by atoms with van der Waals surface area (Å²) < 4.78 is 5.81. The molecule has 0 aliphatic carbocycles. The van der Waals surface area contributed by atoms with Gasteiger partial charge >= 0.3 is 0 Å². The fourth-order valence-electron chi connectivity index (χ4n) is 4.69. The summed E-state index contributed by atoms with van der Waals surface area (Å²) in [5.41, 5.74) is 3.47. The number of hydrogen-bond donors (Lipinski definition) is 1. The zero-order chi connectivity index (χ0) is 23.2. The second-order valence-corrected chi connectivity index (χ2v) is 8.29.